The predicted molar refractivity (Wildman–Crippen MR) is 141 cm³/mol. The van der Waals surface area contributed by atoms with Gasteiger partial charge in [0.25, 0.3) is 5.91 Å². The van der Waals surface area contributed by atoms with Crippen LogP contribution in [0.4, 0.5) is 0 Å². The molecule has 0 spiro atoms. The van der Waals surface area contributed by atoms with E-state index in [-0.39, 0.29) is 30.2 Å². The number of aliphatic carboxylic acids is 2. The molecule has 10 N–H and O–H groups in total. The van der Waals surface area contributed by atoms with Gasteiger partial charge in [-0.2, -0.15) is 11.8 Å². The molecule has 4 amide bonds. The van der Waals surface area contributed by atoms with Crippen molar-refractivity contribution in [1.29, 1.82) is 0 Å². The van der Waals surface area contributed by atoms with Gasteiger partial charge in [0, 0.05) is 23.6 Å². The lowest BCUT2D eigenvalue weighted by Crippen LogP contribution is -2.55. The molecule has 0 aromatic heterocycles. The van der Waals surface area contributed by atoms with Crippen LogP contribution >= 0.6 is 11.8 Å². The molecule has 1 heterocycles. The fourth-order valence-electron chi connectivity index (χ4n) is 3.48. The topological polar surface area (TPSA) is 255 Å². The first-order valence-electron chi connectivity index (χ1n) is 11.8. The molecule has 15 nitrogen and oxygen atoms in total. The van der Waals surface area contributed by atoms with Crippen LogP contribution in [0.25, 0.3) is 0 Å². The third-order valence-electron chi connectivity index (χ3n) is 5.38. The molecular formula is C23H31N7O8S. The average Bonchev–Trinajstić information content (AvgIpc) is 2.87. The molecule has 1 aromatic carbocycles. The molecule has 212 valence electrons. The van der Waals surface area contributed by atoms with E-state index in [0.717, 1.165) is 11.8 Å². The lowest BCUT2D eigenvalue weighted by atomic mass is 10.1. The molecule has 0 fully saturated rings. The van der Waals surface area contributed by atoms with Gasteiger partial charge in [0.05, 0.1) is 13.0 Å². The van der Waals surface area contributed by atoms with E-state index in [4.69, 9.17) is 16.6 Å². The Balaban J connectivity index is 2.32. The number of nitrogens with one attached hydrogen (secondary N) is 4. The Labute approximate surface area is 227 Å². The van der Waals surface area contributed by atoms with Gasteiger partial charge in [0.1, 0.15) is 18.1 Å². The molecular weight excluding hydrogens is 534 g/mol. The fourth-order valence-corrected chi connectivity index (χ4v) is 4.47. The Morgan fingerprint density at radius 3 is 2.44 bits per heavy atom. The molecule has 0 radical (unpaired) electrons. The monoisotopic (exact) mass is 565 g/mol. The van der Waals surface area contributed by atoms with Crippen LogP contribution < -0.4 is 32.7 Å². The summed E-state index contributed by atoms with van der Waals surface area (Å²) in [5.41, 5.74) is 11.6. The van der Waals surface area contributed by atoms with Crippen molar-refractivity contribution in [3.63, 3.8) is 0 Å². The van der Waals surface area contributed by atoms with Crippen molar-refractivity contribution in [2.24, 2.45) is 16.5 Å². The highest BCUT2D eigenvalue weighted by molar-refractivity contribution is 7.98. The molecule has 39 heavy (non-hydrogen) atoms. The van der Waals surface area contributed by atoms with Gasteiger partial charge in [-0.05, 0) is 30.5 Å². The molecule has 1 aromatic rings. The number of carboxylic acid groups (broad SMARTS) is 2. The van der Waals surface area contributed by atoms with Crippen LogP contribution in [0.3, 0.4) is 0 Å². The van der Waals surface area contributed by atoms with Gasteiger partial charge in [-0.25, -0.2) is 4.79 Å². The number of thioether (sulfide) groups is 1. The van der Waals surface area contributed by atoms with Gasteiger partial charge in [0.15, 0.2) is 5.96 Å². The Kier molecular flexibility index (Phi) is 12.0. The highest BCUT2D eigenvalue weighted by Crippen LogP contribution is 2.16. The zero-order chi connectivity index (χ0) is 28.9. The standard InChI is InChI=1S/C23H31N7O8S/c24-23(25)26-6-2-5-14-20(35)27-9-17(31)28-15(8-18(32)33)21(36)30-16(22(37)38)11-39-10-12-3-1-4-13(7-12)19(34)29-14/h1,3-4,7,14-16H,2,5-6,8-11H2,(H,27,35)(H,28,31)(H,29,34)(H,30,36)(H,32,33)(H,37,38)(H4,24,25,26)/t14?,15-,16?/m0/s1. The molecule has 3 atom stereocenters. The number of rotatable bonds is 7. The van der Waals surface area contributed by atoms with Gasteiger partial charge < -0.3 is 42.9 Å². The third kappa shape index (κ3) is 10.9. The minimum atomic E-state index is -1.59. The number of guanidine groups is 1. The van der Waals surface area contributed by atoms with Gasteiger partial charge in [-0.3, -0.25) is 29.0 Å². The van der Waals surface area contributed by atoms with Crippen LogP contribution in [0.2, 0.25) is 0 Å². The summed E-state index contributed by atoms with van der Waals surface area (Å²) >= 11 is 1.16. The number of amides is 4. The van der Waals surface area contributed by atoms with Crippen molar-refractivity contribution in [3.8, 4) is 0 Å². The zero-order valence-electron chi connectivity index (χ0n) is 20.8. The van der Waals surface area contributed by atoms with E-state index in [0.29, 0.717) is 17.7 Å². The second kappa shape index (κ2) is 15.2. The smallest absolute Gasteiger partial charge is 0.327 e. The van der Waals surface area contributed by atoms with E-state index in [2.05, 4.69) is 26.3 Å². The van der Waals surface area contributed by atoms with Crippen molar-refractivity contribution in [3.05, 3.63) is 35.4 Å². The SMILES string of the molecule is NC(N)=NCCCC1NC(=O)c2cccc(c2)CSCC(C(=O)O)NC(=O)[C@H](CC(=O)O)NC(=O)CNC1=O. The maximum Gasteiger partial charge on any atom is 0.327 e. The van der Waals surface area contributed by atoms with Crippen LogP contribution in [0.15, 0.2) is 29.3 Å². The largest absolute Gasteiger partial charge is 0.481 e. The fraction of sp³-hybridized carbons (Fsp3) is 0.435. The average molecular weight is 566 g/mol. The summed E-state index contributed by atoms with van der Waals surface area (Å²) in [6.07, 6.45) is -0.363. The number of hydrogen-bond acceptors (Lipinski definition) is 8. The third-order valence-corrected chi connectivity index (χ3v) is 6.48. The van der Waals surface area contributed by atoms with E-state index >= 15 is 0 Å². The first-order valence-corrected chi connectivity index (χ1v) is 13.0. The molecule has 0 aliphatic carbocycles. The van der Waals surface area contributed by atoms with E-state index in [9.17, 15) is 33.9 Å². The Morgan fingerprint density at radius 1 is 1.03 bits per heavy atom. The summed E-state index contributed by atoms with van der Waals surface area (Å²) in [4.78, 5) is 77.7. The van der Waals surface area contributed by atoms with Gasteiger partial charge in [0.2, 0.25) is 17.7 Å². The van der Waals surface area contributed by atoms with Gasteiger partial charge >= 0.3 is 11.9 Å². The summed E-state index contributed by atoms with van der Waals surface area (Å²) in [6, 6.07) is 2.47. The summed E-state index contributed by atoms with van der Waals surface area (Å²) in [5, 5.41) is 28.1. The van der Waals surface area contributed by atoms with E-state index in [1.165, 1.54) is 0 Å². The maximum absolute atomic E-state index is 12.9. The molecule has 2 unspecified atom stereocenters. The minimum Gasteiger partial charge on any atom is -0.481 e. The first-order chi connectivity index (χ1) is 18.5. The van der Waals surface area contributed by atoms with Crippen molar-refractivity contribution in [2.75, 3.05) is 18.8 Å². The number of hydrogen-bond donors (Lipinski definition) is 8. The molecule has 1 aliphatic rings. The lowest BCUT2D eigenvalue weighted by Gasteiger charge is -2.22. The van der Waals surface area contributed by atoms with Crippen LogP contribution in [-0.4, -0.2) is 88.7 Å². The summed E-state index contributed by atoms with van der Waals surface area (Å²) in [7, 11) is 0. The molecule has 2 bridgehead atoms. The molecule has 0 saturated heterocycles. The van der Waals surface area contributed by atoms with Crippen LogP contribution in [0.1, 0.15) is 35.2 Å². The summed E-state index contributed by atoms with van der Waals surface area (Å²) in [6.45, 7) is -0.450. The van der Waals surface area contributed by atoms with Crippen molar-refractivity contribution in [1.82, 2.24) is 21.3 Å². The molecule has 0 saturated carbocycles. The van der Waals surface area contributed by atoms with Crippen molar-refractivity contribution >= 4 is 53.3 Å². The van der Waals surface area contributed by atoms with Crippen LogP contribution in [0.5, 0.6) is 0 Å². The molecule has 2 rings (SSSR count). The number of fused-ring (bicyclic) bond motifs is 2. The van der Waals surface area contributed by atoms with Gasteiger partial charge in [-0.15, -0.1) is 0 Å². The number of nitrogens with two attached hydrogens (primary N) is 2. The van der Waals surface area contributed by atoms with E-state index < -0.39 is 66.7 Å². The highest BCUT2D eigenvalue weighted by Gasteiger charge is 2.29. The number of carbonyl (C=O) groups excluding carboxylic acids is 4. The normalized spacial score (nSPS) is 21.2. The lowest BCUT2D eigenvalue weighted by molar-refractivity contribution is -0.143. The second-order valence-electron chi connectivity index (χ2n) is 8.53. The maximum atomic E-state index is 12.9. The van der Waals surface area contributed by atoms with Crippen LogP contribution in [0, 0.1) is 0 Å². The zero-order valence-corrected chi connectivity index (χ0v) is 21.7. The molecule has 16 heteroatoms. The number of nitrogens with zero attached hydrogens (tertiary/aromatic N) is 1. The molecule has 1 aliphatic heterocycles. The quantitative estimate of drug-likeness (QED) is 0.0993. The van der Waals surface area contributed by atoms with Crippen molar-refractivity contribution < 1.29 is 39.0 Å². The van der Waals surface area contributed by atoms with Crippen LogP contribution in [-0.2, 0) is 29.7 Å². The van der Waals surface area contributed by atoms with E-state index in [1.54, 1.807) is 24.3 Å². The number of aliphatic imine (C=N–C) groups is 1. The Hall–Kier alpha value is -4.34. The summed E-state index contributed by atoms with van der Waals surface area (Å²) in [5.74, 6) is -5.83. The Morgan fingerprint density at radius 2 is 1.77 bits per heavy atom. The number of carbonyl (C=O) groups is 6. The minimum absolute atomic E-state index is 0.0703. The van der Waals surface area contributed by atoms with Gasteiger partial charge in [-0.1, -0.05) is 12.1 Å². The highest BCUT2D eigenvalue weighted by atomic mass is 32.2. The first kappa shape index (κ1) is 30.9. The van der Waals surface area contributed by atoms with Crippen molar-refractivity contribution in [2.45, 2.75) is 43.1 Å². The van der Waals surface area contributed by atoms with E-state index in [1.807, 2.05) is 0 Å². The number of carboxylic acids is 2. The Bertz CT molecular complexity index is 1130. The number of benzene rings is 1. The predicted octanol–water partition coefficient (Wildman–Crippen LogP) is -2.27. The second-order valence-corrected chi connectivity index (χ2v) is 9.56. The summed E-state index contributed by atoms with van der Waals surface area (Å²) < 4.78 is 0.